The van der Waals surface area contributed by atoms with E-state index in [0.717, 1.165) is 0 Å². The first-order chi connectivity index (χ1) is 21.3. The summed E-state index contributed by atoms with van der Waals surface area (Å²) in [7, 11) is 0. The number of hydrogen-bond donors (Lipinski definition) is 0. The maximum atomic E-state index is 2.38. The van der Waals surface area contributed by atoms with Crippen molar-refractivity contribution in [2.24, 2.45) is 0 Å². The molecule has 0 bridgehead atoms. The lowest BCUT2D eigenvalue weighted by molar-refractivity contribution is 1.18. The Hall–Kier alpha value is -5.66. The number of nitrogens with zero attached hydrogens (tertiary/aromatic N) is 1. The largest absolute Gasteiger partial charge is 0.309 e. The van der Waals surface area contributed by atoms with Gasteiger partial charge in [-0.05, 0) is 80.9 Å². The lowest BCUT2D eigenvalue weighted by Gasteiger charge is -2.09. The van der Waals surface area contributed by atoms with Gasteiger partial charge in [-0.2, -0.15) is 0 Å². The predicted octanol–water partition coefficient (Wildman–Crippen LogP) is 11.5. The van der Waals surface area contributed by atoms with Crippen LogP contribution in [0.2, 0.25) is 0 Å². The van der Waals surface area contributed by atoms with Crippen LogP contribution in [0.25, 0.3) is 72.0 Å². The maximum Gasteiger partial charge on any atom is 0.0541 e. The zero-order valence-corrected chi connectivity index (χ0v) is 23.7. The normalized spacial score (nSPS) is 11.3. The Balaban J connectivity index is 1.25. The highest BCUT2D eigenvalue weighted by molar-refractivity contribution is 6.11. The van der Waals surface area contributed by atoms with E-state index in [4.69, 9.17) is 0 Å². The van der Waals surface area contributed by atoms with E-state index in [1.807, 2.05) is 0 Å². The molecular formula is C42H29N. The first kappa shape index (κ1) is 25.1. The van der Waals surface area contributed by atoms with Crippen molar-refractivity contribution < 1.29 is 0 Å². The minimum absolute atomic E-state index is 1.17. The molecule has 1 heterocycles. The molecule has 0 radical (unpaired) electrons. The summed E-state index contributed by atoms with van der Waals surface area (Å²) in [5, 5.41) is 2.51. The second kappa shape index (κ2) is 10.6. The third-order valence-corrected chi connectivity index (χ3v) is 8.43. The summed E-state index contributed by atoms with van der Waals surface area (Å²) in [4.78, 5) is 0. The molecule has 0 amide bonds. The fourth-order valence-corrected chi connectivity index (χ4v) is 6.21. The average molecular weight is 548 g/mol. The van der Waals surface area contributed by atoms with Crippen LogP contribution in [-0.4, -0.2) is 4.57 Å². The fourth-order valence-electron chi connectivity index (χ4n) is 6.21. The van der Waals surface area contributed by atoms with Gasteiger partial charge in [0.1, 0.15) is 0 Å². The summed E-state index contributed by atoms with van der Waals surface area (Å²) in [5.74, 6) is 0. The molecule has 0 aliphatic heterocycles. The monoisotopic (exact) mass is 547 g/mol. The molecule has 0 fully saturated rings. The molecule has 1 nitrogen and oxygen atoms in total. The van der Waals surface area contributed by atoms with E-state index in [2.05, 4.69) is 180 Å². The Labute approximate surface area is 251 Å². The zero-order chi connectivity index (χ0) is 28.6. The van der Waals surface area contributed by atoms with E-state index < -0.39 is 0 Å². The summed E-state index contributed by atoms with van der Waals surface area (Å²) < 4.78 is 2.38. The Kier molecular flexibility index (Phi) is 6.20. The lowest BCUT2D eigenvalue weighted by atomic mass is 9.97. The quantitative estimate of drug-likeness (QED) is 0.202. The van der Waals surface area contributed by atoms with E-state index in [1.165, 1.54) is 72.0 Å². The molecule has 0 saturated heterocycles. The van der Waals surface area contributed by atoms with Gasteiger partial charge in [-0.25, -0.2) is 0 Å². The molecule has 0 saturated carbocycles. The van der Waals surface area contributed by atoms with Crippen molar-refractivity contribution in [1.29, 1.82) is 0 Å². The zero-order valence-electron chi connectivity index (χ0n) is 23.7. The lowest BCUT2D eigenvalue weighted by Crippen LogP contribution is -1.93. The van der Waals surface area contributed by atoms with E-state index in [1.54, 1.807) is 0 Å². The summed E-state index contributed by atoms with van der Waals surface area (Å²) in [5.41, 5.74) is 13.4. The molecule has 8 aromatic rings. The van der Waals surface area contributed by atoms with Gasteiger partial charge in [-0.1, -0.05) is 140 Å². The Morgan fingerprint density at radius 3 is 0.953 bits per heavy atom. The standard InChI is InChI=1S/C42H29N/c1-4-10-30(11-5-1)32-16-20-34(21-17-32)36-24-26-41-39(28-36)40-29-37(25-27-42(40)43(41)38-14-8-3-9-15-38)35-22-18-33(19-23-35)31-12-6-2-7-13-31/h1-29H. The van der Waals surface area contributed by atoms with Crippen LogP contribution in [0.15, 0.2) is 176 Å². The van der Waals surface area contributed by atoms with Gasteiger partial charge in [0.15, 0.2) is 0 Å². The summed E-state index contributed by atoms with van der Waals surface area (Å²) in [6, 6.07) is 63.4. The van der Waals surface area contributed by atoms with E-state index >= 15 is 0 Å². The molecule has 202 valence electrons. The Bertz CT molecular complexity index is 2030. The van der Waals surface area contributed by atoms with Crippen molar-refractivity contribution in [2.45, 2.75) is 0 Å². The van der Waals surface area contributed by atoms with Gasteiger partial charge in [0, 0.05) is 16.5 Å². The van der Waals surface area contributed by atoms with Crippen LogP contribution < -0.4 is 0 Å². The summed E-state index contributed by atoms with van der Waals surface area (Å²) >= 11 is 0. The number of para-hydroxylation sites is 1. The van der Waals surface area contributed by atoms with Crippen LogP contribution in [0.3, 0.4) is 0 Å². The van der Waals surface area contributed by atoms with Gasteiger partial charge < -0.3 is 4.57 Å². The number of fused-ring (bicyclic) bond motifs is 3. The number of rotatable bonds is 5. The highest BCUT2D eigenvalue weighted by Crippen LogP contribution is 2.37. The van der Waals surface area contributed by atoms with Crippen LogP contribution in [0.1, 0.15) is 0 Å². The fraction of sp³-hybridized carbons (Fsp3) is 0. The van der Waals surface area contributed by atoms with Crippen molar-refractivity contribution in [3.63, 3.8) is 0 Å². The van der Waals surface area contributed by atoms with E-state index in [9.17, 15) is 0 Å². The van der Waals surface area contributed by atoms with Gasteiger partial charge in [-0.3, -0.25) is 0 Å². The highest BCUT2D eigenvalue weighted by atomic mass is 15.0. The van der Waals surface area contributed by atoms with Crippen molar-refractivity contribution in [3.8, 4) is 50.2 Å². The topological polar surface area (TPSA) is 4.93 Å². The molecule has 0 aliphatic carbocycles. The summed E-state index contributed by atoms with van der Waals surface area (Å²) in [6.45, 7) is 0. The molecule has 0 spiro atoms. The molecule has 1 heteroatoms. The summed E-state index contributed by atoms with van der Waals surface area (Å²) in [6.07, 6.45) is 0. The predicted molar refractivity (Wildman–Crippen MR) is 183 cm³/mol. The molecule has 8 rings (SSSR count). The minimum atomic E-state index is 1.17. The van der Waals surface area contributed by atoms with Gasteiger partial charge in [0.05, 0.1) is 11.0 Å². The average Bonchev–Trinajstić information content (AvgIpc) is 3.42. The molecule has 7 aromatic carbocycles. The first-order valence-electron chi connectivity index (χ1n) is 14.8. The SMILES string of the molecule is c1ccc(-c2ccc(-c3ccc4c(c3)c3cc(-c5ccc(-c6ccccc6)cc5)ccc3n4-c3ccccc3)cc2)cc1. The van der Waals surface area contributed by atoms with Crippen LogP contribution in [0, 0.1) is 0 Å². The number of aromatic nitrogens is 1. The van der Waals surface area contributed by atoms with Crippen molar-refractivity contribution in [1.82, 2.24) is 4.57 Å². The molecule has 0 unspecified atom stereocenters. The van der Waals surface area contributed by atoms with E-state index in [0.29, 0.717) is 0 Å². The highest BCUT2D eigenvalue weighted by Gasteiger charge is 2.15. The molecule has 0 atom stereocenters. The first-order valence-corrected chi connectivity index (χ1v) is 14.8. The molecular weight excluding hydrogens is 518 g/mol. The van der Waals surface area contributed by atoms with Crippen LogP contribution >= 0.6 is 0 Å². The maximum absolute atomic E-state index is 2.38. The minimum Gasteiger partial charge on any atom is -0.309 e. The van der Waals surface area contributed by atoms with Crippen LogP contribution in [0.5, 0.6) is 0 Å². The van der Waals surface area contributed by atoms with Crippen LogP contribution in [-0.2, 0) is 0 Å². The van der Waals surface area contributed by atoms with Gasteiger partial charge >= 0.3 is 0 Å². The third-order valence-electron chi connectivity index (χ3n) is 8.43. The Morgan fingerprint density at radius 2 is 0.558 bits per heavy atom. The molecule has 0 N–H and O–H groups in total. The molecule has 0 aliphatic rings. The molecule has 1 aromatic heterocycles. The van der Waals surface area contributed by atoms with E-state index in [-0.39, 0.29) is 0 Å². The van der Waals surface area contributed by atoms with Gasteiger partial charge in [-0.15, -0.1) is 0 Å². The smallest absolute Gasteiger partial charge is 0.0541 e. The third kappa shape index (κ3) is 4.62. The van der Waals surface area contributed by atoms with Gasteiger partial charge in [0.2, 0.25) is 0 Å². The second-order valence-corrected chi connectivity index (χ2v) is 11.0. The van der Waals surface area contributed by atoms with Crippen molar-refractivity contribution in [2.75, 3.05) is 0 Å². The van der Waals surface area contributed by atoms with Crippen LogP contribution in [0.4, 0.5) is 0 Å². The van der Waals surface area contributed by atoms with Crippen molar-refractivity contribution in [3.05, 3.63) is 176 Å². The molecule has 43 heavy (non-hydrogen) atoms. The number of hydrogen-bond acceptors (Lipinski definition) is 0. The number of benzene rings is 7. The van der Waals surface area contributed by atoms with Gasteiger partial charge in [0.25, 0.3) is 0 Å². The van der Waals surface area contributed by atoms with Crippen molar-refractivity contribution >= 4 is 21.8 Å². The Morgan fingerprint density at radius 1 is 0.256 bits per heavy atom. The second-order valence-electron chi connectivity index (χ2n) is 11.0.